The van der Waals surface area contributed by atoms with E-state index in [0.717, 1.165) is 32.1 Å². The summed E-state index contributed by atoms with van der Waals surface area (Å²) in [6, 6.07) is 0.576. The van der Waals surface area contributed by atoms with E-state index in [9.17, 15) is 9.90 Å². The van der Waals surface area contributed by atoms with Gasteiger partial charge in [-0.15, -0.1) is 0 Å². The van der Waals surface area contributed by atoms with Crippen molar-refractivity contribution in [2.75, 3.05) is 6.61 Å². The molecule has 0 aromatic heterocycles. The monoisotopic (exact) mass is 241 g/mol. The molecule has 0 aliphatic carbocycles. The summed E-state index contributed by atoms with van der Waals surface area (Å²) in [7, 11) is 0. The van der Waals surface area contributed by atoms with Gasteiger partial charge in [0.1, 0.15) is 6.04 Å². The Morgan fingerprint density at radius 3 is 2.53 bits per heavy atom. The SMILES string of the molecule is CCCOC(=O)[C@@H](C)N1[C@H]2CC[C@H]1CC(O)C2. The van der Waals surface area contributed by atoms with Gasteiger partial charge >= 0.3 is 5.97 Å². The molecule has 0 amide bonds. The maximum atomic E-state index is 11.9. The molecular weight excluding hydrogens is 218 g/mol. The number of rotatable bonds is 4. The molecule has 1 N–H and O–H groups in total. The third kappa shape index (κ3) is 2.63. The highest BCUT2D eigenvalue weighted by Gasteiger charge is 2.44. The predicted octanol–water partition coefficient (Wildman–Crippen LogP) is 1.32. The van der Waals surface area contributed by atoms with E-state index in [0.29, 0.717) is 18.7 Å². The van der Waals surface area contributed by atoms with Crippen molar-refractivity contribution in [1.29, 1.82) is 0 Å². The Labute approximate surface area is 103 Å². The summed E-state index contributed by atoms with van der Waals surface area (Å²) < 4.78 is 5.21. The third-order valence-corrected chi connectivity index (χ3v) is 4.00. The second kappa shape index (κ2) is 5.36. The maximum absolute atomic E-state index is 11.9. The molecule has 2 heterocycles. The number of ether oxygens (including phenoxy) is 1. The van der Waals surface area contributed by atoms with Crippen LogP contribution in [0.3, 0.4) is 0 Å². The zero-order valence-corrected chi connectivity index (χ0v) is 10.8. The molecule has 0 saturated carbocycles. The summed E-state index contributed by atoms with van der Waals surface area (Å²) >= 11 is 0. The zero-order chi connectivity index (χ0) is 12.4. The minimum atomic E-state index is -0.178. The van der Waals surface area contributed by atoms with E-state index in [-0.39, 0.29) is 18.1 Å². The normalized spacial score (nSPS) is 34.6. The van der Waals surface area contributed by atoms with Crippen molar-refractivity contribution in [3.05, 3.63) is 0 Å². The molecule has 2 bridgehead atoms. The molecule has 2 aliphatic heterocycles. The molecule has 0 aromatic carbocycles. The number of hydrogen-bond acceptors (Lipinski definition) is 4. The van der Waals surface area contributed by atoms with E-state index < -0.39 is 0 Å². The number of carbonyl (C=O) groups excluding carboxylic acids is 1. The Bertz CT molecular complexity index is 268. The highest BCUT2D eigenvalue weighted by molar-refractivity contribution is 5.75. The number of fused-ring (bicyclic) bond motifs is 2. The summed E-state index contributed by atoms with van der Waals surface area (Å²) in [6.45, 7) is 4.44. The number of piperidine rings is 1. The maximum Gasteiger partial charge on any atom is 0.323 e. The molecule has 17 heavy (non-hydrogen) atoms. The van der Waals surface area contributed by atoms with Crippen LogP contribution in [0.15, 0.2) is 0 Å². The highest BCUT2D eigenvalue weighted by Crippen LogP contribution is 2.37. The van der Waals surface area contributed by atoms with Gasteiger partial charge in [-0.2, -0.15) is 0 Å². The molecule has 0 aromatic rings. The van der Waals surface area contributed by atoms with Crippen LogP contribution in [-0.2, 0) is 9.53 Å². The number of hydrogen-bond donors (Lipinski definition) is 1. The van der Waals surface area contributed by atoms with Crippen LogP contribution in [0.1, 0.15) is 46.0 Å². The molecule has 2 saturated heterocycles. The molecule has 98 valence electrons. The van der Waals surface area contributed by atoms with Crippen LogP contribution < -0.4 is 0 Å². The van der Waals surface area contributed by atoms with Crippen molar-refractivity contribution >= 4 is 5.97 Å². The van der Waals surface area contributed by atoms with Gasteiger partial charge in [-0.25, -0.2) is 0 Å². The van der Waals surface area contributed by atoms with Crippen molar-refractivity contribution in [2.24, 2.45) is 0 Å². The lowest BCUT2D eigenvalue weighted by molar-refractivity contribution is -0.152. The zero-order valence-electron chi connectivity index (χ0n) is 10.8. The number of carbonyl (C=O) groups is 1. The molecule has 2 aliphatic rings. The van der Waals surface area contributed by atoms with Gasteiger partial charge in [0, 0.05) is 12.1 Å². The Balaban J connectivity index is 1.96. The fourth-order valence-corrected chi connectivity index (χ4v) is 3.26. The molecule has 4 nitrogen and oxygen atoms in total. The lowest BCUT2D eigenvalue weighted by Gasteiger charge is -2.39. The summed E-state index contributed by atoms with van der Waals surface area (Å²) in [5, 5.41) is 9.73. The summed E-state index contributed by atoms with van der Waals surface area (Å²) in [4.78, 5) is 14.1. The Morgan fingerprint density at radius 1 is 1.41 bits per heavy atom. The quantitative estimate of drug-likeness (QED) is 0.754. The molecule has 0 unspecified atom stereocenters. The van der Waals surface area contributed by atoms with Gasteiger partial charge < -0.3 is 9.84 Å². The summed E-state index contributed by atoms with van der Waals surface area (Å²) in [5.74, 6) is -0.111. The van der Waals surface area contributed by atoms with E-state index in [2.05, 4.69) is 4.90 Å². The minimum Gasteiger partial charge on any atom is -0.465 e. The van der Waals surface area contributed by atoms with Gasteiger partial charge in [0.15, 0.2) is 0 Å². The van der Waals surface area contributed by atoms with Gasteiger partial charge in [-0.05, 0) is 39.0 Å². The number of esters is 1. The molecule has 0 spiro atoms. The van der Waals surface area contributed by atoms with Crippen molar-refractivity contribution in [1.82, 2.24) is 4.90 Å². The molecule has 2 fully saturated rings. The van der Waals surface area contributed by atoms with E-state index in [1.54, 1.807) is 0 Å². The van der Waals surface area contributed by atoms with Crippen molar-refractivity contribution < 1.29 is 14.6 Å². The Kier molecular flexibility index (Phi) is 4.05. The van der Waals surface area contributed by atoms with Crippen LogP contribution in [0.2, 0.25) is 0 Å². The first-order valence-electron chi connectivity index (χ1n) is 6.75. The van der Waals surface area contributed by atoms with E-state index in [1.165, 1.54) is 0 Å². The molecule has 4 heteroatoms. The Hall–Kier alpha value is -0.610. The van der Waals surface area contributed by atoms with Crippen LogP contribution in [0.4, 0.5) is 0 Å². The van der Waals surface area contributed by atoms with Gasteiger partial charge in [0.25, 0.3) is 0 Å². The average molecular weight is 241 g/mol. The van der Waals surface area contributed by atoms with Crippen LogP contribution in [0.25, 0.3) is 0 Å². The largest absolute Gasteiger partial charge is 0.465 e. The first-order chi connectivity index (χ1) is 8.13. The number of aliphatic hydroxyl groups is 1. The number of aliphatic hydroxyl groups excluding tert-OH is 1. The lowest BCUT2D eigenvalue weighted by Crippen LogP contribution is -2.52. The van der Waals surface area contributed by atoms with Crippen LogP contribution in [-0.4, -0.2) is 46.8 Å². The van der Waals surface area contributed by atoms with E-state index >= 15 is 0 Å². The molecular formula is C13H23NO3. The summed E-state index contributed by atoms with van der Waals surface area (Å²) in [5.41, 5.74) is 0. The van der Waals surface area contributed by atoms with E-state index in [4.69, 9.17) is 4.74 Å². The van der Waals surface area contributed by atoms with Gasteiger partial charge in [-0.3, -0.25) is 9.69 Å². The average Bonchev–Trinajstić information content (AvgIpc) is 2.57. The standard InChI is InChI=1S/C13H23NO3/c1-3-6-17-13(16)9(2)14-10-4-5-11(14)8-12(15)7-10/h9-12,15H,3-8H2,1-2H3/t9-,10+,11+/m1/s1. The second-order valence-electron chi connectivity index (χ2n) is 5.30. The summed E-state index contributed by atoms with van der Waals surface area (Å²) in [6.07, 6.45) is 4.51. The van der Waals surface area contributed by atoms with Gasteiger partial charge in [0.2, 0.25) is 0 Å². The van der Waals surface area contributed by atoms with Crippen LogP contribution in [0.5, 0.6) is 0 Å². The second-order valence-corrected chi connectivity index (χ2v) is 5.30. The van der Waals surface area contributed by atoms with Crippen LogP contribution in [0, 0.1) is 0 Å². The fraction of sp³-hybridized carbons (Fsp3) is 0.923. The highest BCUT2D eigenvalue weighted by atomic mass is 16.5. The number of nitrogens with zero attached hydrogens (tertiary/aromatic N) is 1. The smallest absolute Gasteiger partial charge is 0.323 e. The lowest BCUT2D eigenvalue weighted by atomic mass is 9.98. The predicted molar refractivity (Wildman–Crippen MR) is 64.6 cm³/mol. The third-order valence-electron chi connectivity index (χ3n) is 4.00. The molecule has 3 atom stereocenters. The van der Waals surface area contributed by atoms with Crippen molar-refractivity contribution in [3.63, 3.8) is 0 Å². The van der Waals surface area contributed by atoms with Gasteiger partial charge in [-0.1, -0.05) is 6.92 Å². The fourth-order valence-electron chi connectivity index (χ4n) is 3.26. The topological polar surface area (TPSA) is 49.8 Å². The van der Waals surface area contributed by atoms with Gasteiger partial charge in [0.05, 0.1) is 12.7 Å². The van der Waals surface area contributed by atoms with Crippen molar-refractivity contribution in [2.45, 2.75) is 70.2 Å². The Morgan fingerprint density at radius 2 is 2.00 bits per heavy atom. The molecule has 0 radical (unpaired) electrons. The van der Waals surface area contributed by atoms with Crippen LogP contribution >= 0.6 is 0 Å². The van der Waals surface area contributed by atoms with Crippen molar-refractivity contribution in [3.8, 4) is 0 Å². The first-order valence-corrected chi connectivity index (χ1v) is 6.75. The molecule has 2 rings (SSSR count). The van der Waals surface area contributed by atoms with E-state index in [1.807, 2.05) is 13.8 Å². The first kappa shape index (κ1) is 12.8. The minimum absolute atomic E-state index is 0.111.